The van der Waals surface area contributed by atoms with Crippen LogP contribution in [0.2, 0.25) is 10.0 Å². The lowest BCUT2D eigenvalue weighted by molar-refractivity contribution is 0.0943. The van der Waals surface area contributed by atoms with E-state index in [1.807, 2.05) is 6.92 Å². The average molecular weight is 451 g/mol. The lowest BCUT2D eigenvalue weighted by Gasteiger charge is -2.14. The van der Waals surface area contributed by atoms with E-state index in [9.17, 15) is 4.79 Å². The van der Waals surface area contributed by atoms with E-state index in [1.165, 1.54) is 12.4 Å². The number of aromatic nitrogens is 4. The van der Waals surface area contributed by atoms with Crippen LogP contribution in [0.1, 0.15) is 23.7 Å². The fourth-order valence-electron chi connectivity index (χ4n) is 3.12. The fraction of sp³-hybridized carbons (Fsp3) is 0.368. The van der Waals surface area contributed by atoms with Crippen molar-refractivity contribution in [2.45, 2.75) is 19.4 Å². The smallest absolute Gasteiger partial charge is 0.256 e. The van der Waals surface area contributed by atoms with Crippen molar-refractivity contribution in [2.24, 2.45) is 7.05 Å². The van der Waals surface area contributed by atoms with Gasteiger partial charge in [-0.3, -0.25) is 14.3 Å². The molecule has 1 fully saturated rings. The summed E-state index contributed by atoms with van der Waals surface area (Å²) in [4.78, 5) is 25.7. The molecule has 1 aliphatic heterocycles. The van der Waals surface area contributed by atoms with Crippen LogP contribution < -0.4 is 15.4 Å². The van der Waals surface area contributed by atoms with Gasteiger partial charge in [-0.25, -0.2) is 4.98 Å². The second-order valence-corrected chi connectivity index (χ2v) is 7.56. The van der Waals surface area contributed by atoms with E-state index in [0.29, 0.717) is 58.2 Å². The van der Waals surface area contributed by atoms with Gasteiger partial charge in [-0.2, -0.15) is 4.98 Å². The quantitative estimate of drug-likeness (QED) is 0.593. The number of anilines is 2. The first-order valence-corrected chi connectivity index (χ1v) is 10.2. The SMILES string of the molecule is CCNC(=O)c1cc2nc(Nc3c(Cl)cncc3Cl)n(C)c2nc1OC1CCOC1. The number of nitrogens with zero attached hydrogens (tertiary/aromatic N) is 4. The summed E-state index contributed by atoms with van der Waals surface area (Å²) in [7, 11) is 1.79. The molecule has 1 unspecified atom stereocenters. The third kappa shape index (κ3) is 4.00. The van der Waals surface area contributed by atoms with Gasteiger partial charge in [0.2, 0.25) is 11.8 Å². The van der Waals surface area contributed by atoms with Crippen molar-refractivity contribution in [1.82, 2.24) is 24.8 Å². The molecule has 1 amide bonds. The Morgan fingerprint density at radius 3 is 2.77 bits per heavy atom. The molecule has 4 rings (SSSR count). The first-order valence-electron chi connectivity index (χ1n) is 9.44. The molecule has 3 aromatic rings. The average Bonchev–Trinajstić information content (AvgIpc) is 3.33. The molecule has 0 spiro atoms. The van der Waals surface area contributed by atoms with Gasteiger partial charge >= 0.3 is 0 Å². The van der Waals surface area contributed by atoms with Crippen molar-refractivity contribution in [2.75, 3.05) is 25.1 Å². The molecule has 1 atom stereocenters. The molecule has 0 saturated carbocycles. The standard InChI is InChI=1S/C19H20Cl2N6O3/c1-3-23-17(28)11-6-14-16(26-18(11)30-10-4-5-29-9-10)27(2)19(24-14)25-15-12(20)7-22-8-13(15)21/h6-8,10H,3-5,9H2,1-2H3,(H,23,28)(H,22,24,25). The Morgan fingerprint density at radius 2 is 2.10 bits per heavy atom. The van der Waals surface area contributed by atoms with Crippen LogP contribution in [0.5, 0.6) is 5.88 Å². The van der Waals surface area contributed by atoms with Gasteiger partial charge in [0.25, 0.3) is 5.91 Å². The van der Waals surface area contributed by atoms with Gasteiger partial charge < -0.3 is 20.1 Å². The third-order valence-corrected chi connectivity index (χ3v) is 5.22. The van der Waals surface area contributed by atoms with Gasteiger partial charge in [0.05, 0.1) is 28.9 Å². The summed E-state index contributed by atoms with van der Waals surface area (Å²) in [6.07, 6.45) is 3.56. The lowest BCUT2D eigenvalue weighted by atomic mass is 10.2. The maximum absolute atomic E-state index is 12.6. The molecule has 0 aromatic carbocycles. The molecule has 1 saturated heterocycles. The molecule has 0 radical (unpaired) electrons. The minimum atomic E-state index is -0.277. The van der Waals surface area contributed by atoms with Crippen LogP contribution in [0.4, 0.5) is 11.6 Å². The van der Waals surface area contributed by atoms with E-state index < -0.39 is 0 Å². The van der Waals surface area contributed by atoms with Gasteiger partial charge in [0, 0.05) is 32.4 Å². The van der Waals surface area contributed by atoms with Gasteiger partial charge in [0.15, 0.2) is 5.65 Å². The number of pyridine rings is 2. The van der Waals surface area contributed by atoms with Crippen molar-refractivity contribution in [1.29, 1.82) is 0 Å². The van der Waals surface area contributed by atoms with Crippen LogP contribution in [0.15, 0.2) is 18.5 Å². The molecular formula is C19H20Cl2N6O3. The van der Waals surface area contributed by atoms with Crippen LogP contribution in [0, 0.1) is 0 Å². The molecule has 11 heteroatoms. The number of aryl methyl sites for hydroxylation is 1. The van der Waals surface area contributed by atoms with Crippen LogP contribution in [-0.4, -0.2) is 51.3 Å². The van der Waals surface area contributed by atoms with Gasteiger partial charge in [-0.1, -0.05) is 23.2 Å². The summed E-state index contributed by atoms with van der Waals surface area (Å²) < 4.78 is 13.1. The van der Waals surface area contributed by atoms with Crippen molar-refractivity contribution in [3.63, 3.8) is 0 Å². The Labute approximate surface area is 182 Å². The molecule has 4 heterocycles. The molecule has 30 heavy (non-hydrogen) atoms. The summed E-state index contributed by atoms with van der Waals surface area (Å²) in [6.45, 7) is 3.42. The number of carbonyl (C=O) groups is 1. The molecule has 3 aromatic heterocycles. The molecule has 0 aliphatic carbocycles. The molecule has 0 bridgehead atoms. The number of carbonyl (C=O) groups excluding carboxylic acids is 1. The van der Waals surface area contributed by atoms with E-state index in [4.69, 9.17) is 32.7 Å². The van der Waals surface area contributed by atoms with Crippen LogP contribution in [-0.2, 0) is 11.8 Å². The lowest BCUT2D eigenvalue weighted by Crippen LogP contribution is -2.25. The summed E-state index contributed by atoms with van der Waals surface area (Å²) in [6, 6.07) is 1.67. The van der Waals surface area contributed by atoms with E-state index in [-0.39, 0.29) is 17.9 Å². The van der Waals surface area contributed by atoms with Gasteiger partial charge in [-0.15, -0.1) is 0 Å². The Bertz CT molecular complexity index is 1080. The predicted octanol–water partition coefficient (Wildman–Crippen LogP) is 3.33. The molecule has 9 nitrogen and oxygen atoms in total. The monoisotopic (exact) mass is 450 g/mol. The second kappa shape index (κ2) is 8.63. The molecule has 2 N–H and O–H groups in total. The maximum Gasteiger partial charge on any atom is 0.256 e. The van der Waals surface area contributed by atoms with Crippen molar-refractivity contribution < 1.29 is 14.3 Å². The second-order valence-electron chi connectivity index (χ2n) is 6.74. The Balaban J connectivity index is 1.76. The zero-order valence-electron chi connectivity index (χ0n) is 16.4. The number of halogens is 2. The Kier molecular flexibility index (Phi) is 5.94. The highest BCUT2D eigenvalue weighted by atomic mass is 35.5. The zero-order valence-corrected chi connectivity index (χ0v) is 17.9. The van der Waals surface area contributed by atoms with E-state index in [2.05, 4.69) is 25.6 Å². The van der Waals surface area contributed by atoms with Gasteiger partial charge in [0.1, 0.15) is 17.2 Å². The van der Waals surface area contributed by atoms with E-state index in [0.717, 1.165) is 6.42 Å². The molecule has 1 aliphatic rings. The number of rotatable bonds is 6. The van der Waals surface area contributed by atoms with Crippen molar-refractivity contribution >= 4 is 51.9 Å². The predicted molar refractivity (Wildman–Crippen MR) is 114 cm³/mol. The highest BCUT2D eigenvalue weighted by molar-refractivity contribution is 6.39. The number of fused-ring (bicyclic) bond motifs is 1. The van der Waals surface area contributed by atoms with Crippen molar-refractivity contribution in [3.8, 4) is 5.88 Å². The summed E-state index contributed by atoms with van der Waals surface area (Å²) in [5.41, 5.74) is 1.87. The minimum Gasteiger partial charge on any atom is -0.471 e. The molecular weight excluding hydrogens is 431 g/mol. The summed E-state index contributed by atoms with van der Waals surface area (Å²) in [5.74, 6) is 0.426. The first-order chi connectivity index (χ1) is 14.5. The zero-order chi connectivity index (χ0) is 21.3. The number of hydrogen-bond acceptors (Lipinski definition) is 7. The first kappa shape index (κ1) is 20.6. The number of imidazole rings is 1. The van der Waals surface area contributed by atoms with Crippen LogP contribution >= 0.6 is 23.2 Å². The van der Waals surface area contributed by atoms with Crippen LogP contribution in [0.3, 0.4) is 0 Å². The maximum atomic E-state index is 12.6. The number of ether oxygens (including phenoxy) is 2. The number of amides is 1. The fourth-order valence-corrected chi connectivity index (χ4v) is 3.58. The summed E-state index contributed by atoms with van der Waals surface area (Å²) in [5, 5.41) is 6.61. The topological polar surface area (TPSA) is 103 Å². The third-order valence-electron chi connectivity index (χ3n) is 4.65. The molecule has 158 valence electrons. The van der Waals surface area contributed by atoms with E-state index >= 15 is 0 Å². The highest BCUT2D eigenvalue weighted by Crippen LogP contribution is 2.33. The Morgan fingerprint density at radius 1 is 1.33 bits per heavy atom. The highest BCUT2D eigenvalue weighted by Gasteiger charge is 2.24. The minimum absolute atomic E-state index is 0.150. The summed E-state index contributed by atoms with van der Waals surface area (Å²) >= 11 is 12.4. The van der Waals surface area contributed by atoms with E-state index in [1.54, 1.807) is 17.7 Å². The van der Waals surface area contributed by atoms with Gasteiger partial charge in [-0.05, 0) is 13.0 Å². The number of hydrogen-bond donors (Lipinski definition) is 2. The Hall–Kier alpha value is -2.62. The number of nitrogens with one attached hydrogen (secondary N) is 2. The largest absolute Gasteiger partial charge is 0.471 e. The normalized spacial score (nSPS) is 16.1. The van der Waals surface area contributed by atoms with Crippen molar-refractivity contribution in [3.05, 3.63) is 34.1 Å². The van der Waals surface area contributed by atoms with Crippen LogP contribution in [0.25, 0.3) is 11.2 Å².